The van der Waals surface area contributed by atoms with Crippen molar-refractivity contribution in [3.63, 3.8) is 0 Å². The van der Waals surface area contributed by atoms with Gasteiger partial charge in [0.1, 0.15) is 5.75 Å². The van der Waals surface area contributed by atoms with E-state index >= 15 is 0 Å². The standard InChI is InChI=1S/C25H36BN5O5S.C18H30BN5O2.C7H7ClO3S/c1-25(2,14-7-15-29-30-27)18-31(37(34,35)22-12-10-21(36-3)11-13-22)17-24(32)23(28-19-26-33)16-20-8-5-4-6-9-20;1-18(2,9-6-10-23-24-20)13-21-12-17(25)16(22-14-19-26)11-15-7-4-3-5-8-15;1-11-6-2-4-7(5-3-6)12(8,9)10/h4-6,8-13,23-24,28,32H,7,14-19H2,1-3H3;3-5,7-8,16-17,21-22,25H,6,9-14H2,1-2H3;2-5H,1H3/t23-,24?;16-,17?;/m00./s1. The normalized spacial score (nSPS) is 13.1. The summed E-state index contributed by atoms with van der Waals surface area (Å²) in [7, 11) is 2.03. The molecule has 4 aromatic rings. The van der Waals surface area contributed by atoms with Gasteiger partial charge in [-0.15, -0.1) is 0 Å². The number of benzene rings is 4. The monoisotopic (exact) mass is 1090 g/mol. The Labute approximate surface area is 448 Å². The molecule has 0 radical (unpaired) electrons. The second-order valence-electron chi connectivity index (χ2n) is 19.0. The Morgan fingerprint density at radius 1 is 0.667 bits per heavy atom. The van der Waals surface area contributed by atoms with Crippen molar-refractivity contribution >= 4 is 44.1 Å². The molecule has 0 fully saturated rings. The van der Waals surface area contributed by atoms with Crippen molar-refractivity contribution in [3.05, 3.63) is 141 Å². The van der Waals surface area contributed by atoms with Gasteiger partial charge in [-0.1, -0.05) is 0 Å². The van der Waals surface area contributed by atoms with Gasteiger partial charge in [0.05, 0.1) is 19.1 Å². The molecule has 0 aliphatic heterocycles. The Hall–Kier alpha value is -5.22. The molecule has 0 bridgehead atoms. The average Bonchev–Trinajstić information content (AvgIpc) is 3.39. The molecule has 0 spiro atoms. The molecule has 0 saturated carbocycles. The van der Waals surface area contributed by atoms with Crippen LogP contribution in [0, 0.1) is 10.8 Å². The van der Waals surface area contributed by atoms with E-state index in [4.69, 9.17) is 31.2 Å². The Balaban J connectivity index is 0.000000436. The van der Waals surface area contributed by atoms with Gasteiger partial charge in [0.15, 0.2) is 0 Å². The van der Waals surface area contributed by atoms with Crippen molar-refractivity contribution < 1.29 is 45.9 Å². The third-order valence-electron chi connectivity index (χ3n) is 11.8. The predicted molar refractivity (Wildman–Crippen MR) is 293 cm³/mol. The van der Waals surface area contributed by atoms with E-state index in [1.54, 1.807) is 12.1 Å². The fourth-order valence-electron chi connectivity index (χ4n) is 7.73. The van der Waals surface area contributed by atoms with Gasteiger partial charge < -0.3 is 4.74 Å². The summed E-state index contributed by atoms with van der Waals surface area (Å²) in [6.45, 7) is 10.2. The van der Waals surface area contributed by atoms with Gasteiger partial charge in [0.2, 0.25) is 0 Å². The Kier molecular flexibility index (Phi) is 30.9. The summed E-state index contributed by atoms with van der Waals surface area (Å²) >= 11 is 0. The number of rotatable bonds is 33. The minimum absolute atomic E-state index is 0.0324. The number of ether oxygens (including phenoxy) is 2. The third-order valence-corrected chi connectivity index (χ3v) is 15.0. The number of aliphatic hydroxyl groups is 2. The first-order valence-corrected chi connectivity index (χ1v) is 28.1. The second-order valence-corrected chi connectivity index (χ2v) is 23.5. The predicted octanol–water partition coefficient (Wildman–Crippen LogP) is 7.26. The van der Waals surface area contributed by atoms with E-state index < -0.39 is 42.7 Å². The molecule has 408 valence electrons. The van der Waals surface area contributed by atoms with Crippen LogP contribution in [0.1, 0.15) is 64.5 Å². The molecular formula is C50H73B2ClN10O10S2. The van der Waals surface area contributed by atoms with Crippen molar-refractivity contribution in [1.29, 1.82) is 0 Å². The first-order chi connectivity index (χ1) is 35.6. The molecule has 4 rings (SSSR count). The van der Waals surface area contributed by atoms with Crippen LogP contribution in [0.2, 0.25) is 0 Å². The van der Waals surface area contributed by atoms with Gasteiger partial charge in [-0.25, -0.2) is 8.42 Å². The summed E-state index contributed by atoms with van der Waals surface area (Å²) in [5.74, 6) is 1.13. The van der Waals surface area contributed by atoms with Crippen molar-refractivity contribution in [3.8, 4) is 11.5 Å². The maximum absolute atomic E-state index is 13.7. The SMILES string of the molecule is CC(C)(CCCN=[N+]=[N-])CNCC(O)[C@H](Cc1ccccc1)NCB=O.COc1ccc(S(=O)(=O)Cl)cc1.COc1ccc(S(=O)(=O)N(CC(O)[C@H](Cc2ccccc2)NCB=O)CC(C)(C)CCCN=[N+]=[N-])cc1. The molecule has 75 heavy (non-hydrogen) atoms. The Morgan fingerprint density at radius 2 is 1.09 bits per heavy atom. The summed E-state index contributed by atoms with van der Waals surface area (Å²) in [5, 5.41) is 38.4. The number of hydrogen-bond donors (Lipinski definition) is 5. The van der Waals surface area contributed by atoms with E-state index in [1.807, 2.05) is 74.5 Å². The Bertz CT molecular complexity index is 2590. The third kappa shape index (κ3) is 26.9. The van der Waals surface area contributed by atoms with Crippen LogP contribution < -0.4 is 25.4 Å². The van der Waals surface area contributed by atoms with Crippen LogP contribution in [-0.2, 0) is 41.3 Å². The van der Waals surface area contributed by atoms with E-state index in [2.05, 4.69) is 49.8 Å². The van der Waals surface area contributed by atoms with Gasteiger partial charge >= 0.3 is 348 Å². The van der Waals surface area contributed by atoms with Crippen LogP contribution in [0.25, 0.3) is 20.9 Å². The number of halogens is 1. The van der Waals surface area contributed by atoms with Crippen LogP contribution in [0.3, 0.4) is 0 Å². The van der Waals surface area contributed by atoms with E-state index in [9.17, 15) is 36.5 Å². The molecule has 0 heterocycles. The molecule has 5 N–H and O–H groups in total. The number of nitrogens with one attached hydrogen (secondary N) is 3. The van der Waals surface area contributed by atoms with E-state index in [0.29, 0.717) is 64.0 Å². The molecule has 20 nitrogen and oxygen atoms in total. The van der Waals surface area contributed by atoms with E-state index in [0.717, 1.165) is 37.7 Å². The zero-order valence-corrected chi connectivity index (χ0v) is 46.1. The van der Waals surface area contributed by atoms with Crippen molar-refractivity contribution in [2.45, 2.75) is 100 Å². The molecule has 0 aliphatic rings. The number of hydrogen-bond acceptors (Lipinski definition) is 15. The quantitative estimate of drug-likeness (QED) is 0.00785. The number of aliphatic hydroxyl groups excluding tert-OH is 2. The average molecular weight is 1100 g/mol. The van der Waals surface area contributed by atoms with Gasteiger partial charge in [-0.3, -0.25) is 0 Å². The summed E-state index contributed by atoms with van der Waals surface area (Å²) in [5.41, 5.74) is 18.5. The molecule has 25 heteroatoms. The zero-order valence-electron chi connectivity index (χ0n) is 43.7. The molecule has 0 saturated heterocycles. The van der Waals surface area contributed by atoms with Crippen molar-refractivity contribution in [1.82, 2.24) is 20.3 Å². The van der Waals surface area contributed by atoms with Gasteiger partial charge in [-0.2, -0.15) is 0 Å². The maximum atomic E-state index is 13.7. The first kappa shape index (κ1) is 65.9. The van der Waals surface area contributed by atoms with Crippen LogP contribution in [-0.4, -0.2) is 136 Å². The van der Waals surface area contributed by atoms with Crippen LogP contribution in [0.4, 0.5) is 0 Å². The molecule has 4 atom stereocenters. The molecule has 2 unspecified atom stereocenters. The van der Waals surface area contributed by atoms with Crippen LogP contribution in [0.15, 0.2) is 129 Å². The van der Waals surface area contributed by atoms with Gasteiger partial charge in [-0.05, 0) is 35.3 Å². The molecule has 4 aromatic carbocycles. The molecule has 0 aromatic heterocycles. The van der Waals surface area contributed by atoms with Gasteiger partial charge in [0.25, 0.3) is 9.05 Å². The number of sulfonamides is 1. The Morgan fingerprint density at radius 3 is 1.51 bits per heavy atom. The summed E-state index contributed by atoms with van der Waals surface area (Å²) in [6.07, 6.45) is 2.65. The van der Waals surface area contributed by atoms with Crippen LogP contribution in [0.5, 0.6) is 11.5 Å². The zero-order chi connectivity index (χ0) is 55.8. The first-order valence-electron chi connectivity index (χ1n) is 24.4. The van der Waals surface area contributed by atoms with Crippen molar-refractivity contribution in [2.24, 2.45) is 21.1 Å². The summed E-state index contributed by atoms with van der Waals surface area (Å²) in [4.78, 5) is 5.70. The fourth-order valence-corrected chi connectivity index (χ4v) is 10.2. The van der Waals surface area contributed by atoms with Crippen LogP contribution >= 0.6 is 10.7 Å². The minimum atomic E-state index is -3.98. The molecular weight excluding hydrogens is 1020 g/mol. The fraction of sp³-hybridized carbons (Fsp3) is 0.520. The number of azide groups is 2. The summed E-state index contributed by atoms with van der Waals surface area (Å²) in [6, 6.07) is 30.7. The number of methoxy groups -OCH3 is 2. The summed E-state index contributed by atoms with van der Waals surface area (Å²) < 4.78 is 82.0. The topological polar surface area (TPSA) is 298 Å². The second kappa shape index (κ2) is 35.2. The molecule has 0 aliphatic carbocycles. The van der Waals surface area contributed by atoms with Gasteiger partial charge in [0, 0.05) is 20.5 Å². The van der Waals surface area contributed by atoms with E-state index in [-0.39, 0.29) is 47.2 Å². The van der Waals surface area contributed by atoms with Crippen molar-refractivity contribution in [2.75, 3.05) is 66.4 Å². The van der Waals surface area contributed by atoms with E-state index in [1.165, 1.54) is 54.9 Å². The number of nitrogens with zero attached hydrogens (tertiary/aromatic N) is 7. The molecule has 0 amide bonds.